The van der Waals surface area contributed by atoms with Crippen LogP contribution in [0.5, 0.6) is 0 Å². The van der Waals surface area contributed by atoms with Gasteiger partial charge in [0.1, 0.15) is 0 Å². The predicted molar refractivity (Wildman–Crippen MR) is 315 cm³/mol. The molecule has 8 atom stereocenters. The summed E-state index contributed by atoms with van der Waals surface area (Å²) >= 11 is 0. The van der Waals surface area contributed by atoms with Gasteiger partial charge in [0.15, 0.2) is 0 Å². The van der Waals surface area contributed by atoms with Crippen molar-refractivity contribution in [2.75, 3.05) is 0 Å². The van der Waals surface area contributed by atoms with E-state index in [0.29, 0.717) is 25.7 Å². The van der Waals surface area contributed by atoms with E-state index in [1.165, 1.54) is 193 Å². The predicted octanol–water partition coefficient (Wildman–Crippen LogP) is 18.0. The lowest BCUT2D eigenvalue weighted by Gasteiger charge is -2.42. The van der Waals surface area contributed by atoms with Crippen molar-refractivity contribution in [3.63, 3.8) is 0 Å². The van der Waals surface area contributed by atoms with Gasteiger partial charge in [0, 0.05) is 49.9 Å². The topological polar surface area (TPSA) is 116 Å². The maximum Gasteiger partial charge on any atom is 0.220 e. The van der Waals surface area contributed by atoms with Crippen LogP contribution in [0.1, 0.15) is 349 Å². The molecular weight excluding hydrogens is 913 g/mol. The normalized spacial score (nSPS) is 23.1. The lowest BCUT2D eigenvalue weighted by Crippen LogP contribution is -2.53. The molecule has 8 nitrogen and oxygen atoms in total. The molecule has 3 aliphatic carbocycles. The van der Waals surface area contributed by atoms with Crippen LogP contribution in [0.4, 0.5) is 0 Å². The largest absolute Gasteiger partial charge is 0.351 e. The van der Waals surface area contributed by atoms with E-state index >= 15 is 0 Å². The maximum atomic E-state index is 13.3. The molecule has 0 radical (unpaired) electrons. The summed E-state index contributed by atoms with van der Waals surface area (Å²) in [5.41, 5.74) is 0. The zero-order valence-corrected chi connectivity index (χ0v) is 49.6. The number of carbonyl (C=O) groups excluding carboxylic acids is 4. The second kappa shape index (κ2) is 44.8. The fourth-order valence-electron chi connectivity index (χ4n) is 13.6. The monoisotopic (exact) mass is 1040 g/mol. The molecule has 0 aromatic heterocycles. The highest BCUT2D eigenvalue weighted by Gasteiger charge is 2.36. The Hall–Kier alpha value is -2.12. The molecule has 432 valence electrons. The van der Waals surface area contributed by atoms with Gasteiger partial charge in [0.05, 0.1) is 0 Å². The second-order valence-electron chi connectivity index (χ2n) is 24.8. The highest BCUT2D eigenvalue weighted by atomic mass is 16.2. The van der Waals surface area contributed by atoms with Gasteiger partial charge in [-0.1, -0.05) is 259 Å². The standard InChI is InChI=1S/C66H124N4O4/c1-5-9-13-17-21-29-41-55-53-57(43-31-25-27-35-51-65(73)69-61-47-39-37-45-59(61)67-63(71)49-33-23-19-15-11-7-3)58(54-56(55)42-30-22-18-14-10-6-2)44-32-26-28-36-52-66(74)70-62-48-40-38-46-60(62)68-64(72)50-34-24-20-16-12-8-4/h55-62H,5-54H2,1-4H3,(H,67,71)(H,68,72)(H,69,73)(H,70,74)/t55?,56?,57?,58?,59-,60+,61+,62-. The van der Waals surface area contributed by atoms with Gasteiger partial charge >= 0.3 is 0 Å². The van der Waals surface area contributed by atoms with E-state index in [-0.39, 0.29) is 47.8 Å². The third-order valence-electron chi connectivity index (χ3n) is 18.3. The van der Waals surface area contributed by atoms with Gasteiger partial charge in [-0.25, -0.2) is 0 Å². The lowest BCUT2D eigenvalue weighted by atomic mass is 9.63. The van der Waals surface area contributed by atoms with Crippen LogP contribution in [0.15, 0.2) is 0 Å². The summed E-state index contributed by atoms with van der Waals surface area (Å²) < 4.78 is 0. The summed E-state index contributed by atoms with van der Waals surface area (Å²) in [5, 5.41) is 13.4. The first kappa shape index (κ1) is 66.2. The smallest absolute Gasteiger partial charge is 0.220 e. The SMILES string of the molecule is CCCCCCCCC(=O)N[C@H]1CCCC[C@H]1NC(=O)CCCCCCC1CC(CCCCCCCC)C(CCCCCCCC)CC1CCCCCCC(=O)N[C@H]1CCCC[C@H]1NC(=O)CCCCCCCC. The average molecular weight is 1040 g/mol. The molecule has 4 amide bonds. The van der Waals surface area contributed by atoms with Crippen LogP contribution < -0.4 is 21.3 Å². The lowest BCUT2D eigenvalue weighted by molar-refractivity contribution is -0.125. The number of rotatable bonds is 46. The summed E-state index contributed by atoms with van der Waals surface area (Å²) in [4.78, 5) is 52.2. The van der Waals surface area contributed by atoms with Crippen LogP contribution in [0, 0.1) is 23.7 Å². The zero-order valence-electron chi connectivity index (χ0n) is 49.6. The van der Waals surface area contributed by atoms with Gasteiger partial charge in [0.25, 0.3) is 0 Å². The van der Waals surface area contributed by atoms with E-state index in [2.05, 4.69) is 49.0 Å². The molecule has 0 saturated heterocycles. The first-order chi connectivity index (χ1) is 36.3. The van der Waals surface area contributed by atoms with Crippen molar-refractivity contribution in [3.8, 4) is 0 Å². The Morgan fingerprint density at radius 2 is 0.459 bits per heavy atom. The molecule has 3 fully saturated rings. The first-order valence-corrected chi connectivity index (χ1v) is 33.4. The van der Waals surface area contributed by atoms with E-state index in [9.17, 15) is 19.2 Å². The molecule has 0 aromatic rings. The van der Waals surface area contributed by atoms with Gasteiger partial charge in [-0.05, 0) is 87.9 Å². The van der Waals surface area contributed by atoms with Crippen LogP contribution in [0.2, 0.25) is 0 Å². The van der Waals surface area contributed by atoms with E-state index in [4.69, 9.17) is 0 Å². The van der Waals surface area contributed by atoms with Gasteiger partial charge in [-0.3, -0.25) is 19.2 Å². The fraction of sp³-hybridized carbons (Fsp3) is 0.939. The third-order valence-corrected chi connectivity index (χ3v) is 18.3. The Balaban J connectivity index is 1.47. The quantitative estimate of drug-likeness (QED) is 0.0455. The Bertz CT molecular complexity index is 1290. The van der Waals surface area contributed by atoms with Crippen molar-refractivity contribution in [3.05, 3.63) is 0 Å². The Labute approximate surface area is 458 Å². The summed E-state index contributed by atoms with van der Waals surface area (Å²) in [6, 6.07) is 0.294. The van der Waals surface area contributed by atoms with Crippen LogP contribution in [0.25, 0.3) is 0 Å². The highest BCUT2D eigenvalue weighted by molar-refractivity contribution is 5.78. The highest BCUT2D eigenvalue weighted by Crippen LogP contribution is 2.46. The number of unbranched alkanes of at least 4 members (excludes halogenated alkanes) is 26. The van der Waals surface area contributed by atoms with Gasteiger partial charge < -0.3 is 21.3 Å². The van der Waals surface area contributed by atoms with Crippen molar-refractivity contribution < 1.29 is 19.2 Å². The van der Waals surface area contributed by atoms with Crippen LogP contribution in [-0.2, 0) is 19.2 Å². The third kappa shape index (κ3) is 31.9. The Morgan fingerprint density at radius 1 is 0.270 bits per heavy atom. The van der Waals surface area contributed by atoms with Crippen LogP contribution in [0.3, 0.4) is 0 Å². The number of amides is 4. The Morgan fingerprint density at radius 3 is 0.676 bits per heavy atom. The van der Waals surface area contributed by atoms with Gasteiger partial charge in [-0.2, -0.15) is 0 Å². The molecule has 0 heterocycles. The van der Waals surface area contributed by atoms with Crippen LogP contribution >= 0.6 is 0 Å². The van der Waals surface area contributed by atoms with Crippen molar-refractivity contribution in [1.29, 1.82) is 0 Å². The first-order valence-electron chi connectivity index (χ1n) is 33.4. The minimum Gasteiger partial charge on any atom is -0.351 e. The summed E-state index contributed by atoms with van der Waals surface area (Å²) in [6.45, 7) is 9.12. The Kier molecular flexibility index (Phi) is 40.1. The second-order valence-corrected chi connectivity index (χ2v) is 24.8. The molecule has 3 aliphatic rings. The number of nitrogens with one attached hydrogen (secondary N) is 4. The van der Waals surface area contributed by atoms with Crippen molar-refractivity contribution in [2.24, 2.45) is 23.7 Å². The number of carbonyl (C=O) groups is 4. The molecule has 74 heavy (non-hydrogen) atoms. The molecule has 3 rings (SSSR count). The fourth-order valence-corrected chi connectivity index (χ4v) is 13.6. The van der Waals surface area contributed by atoms with Gasteiger partial charge in [-0.15, -0.1) is 0 Å². The molecule has 8 heteroatoms. The summed E-state index contributed by atoms with van der Waals surface area (Å²) in [7, 11) is 0. The number of hydrogen-bond donors (Lipinski definition) is 4. The van der Waals surface area contributed by atoms with E-state index < -0.39 is 0 Å². The molecule has 4 N–H and O–H groups in total. The summed E-state index contributed by atoms with van der Waals surface area (Å²) in [6.07, 6.45) is 59.3. The molecular formula is C66H124N4O4. The van der Waals surface area contributed by atoms with E-state index in [0.717, 1.165) is 126 Å². The minimum atomic E-state index is 0.0712. The van der Waals surface area contributed by atoms with Crippen molar-refractivity contribution >= 4 is 23.6 Å². The zero-order chi connectivity index (χ0) is 53.1. The van der Waals surface area contributed by atoms with Crippen molar-refractivity contribution in [2.45, 2.75) is 373 Å². The van der Waals surface area contributed by atoms with Gasteiger partial charge in [0.2, 0.25) is 23.6 Å². The van der Waals surface area contributed by atoms with Crippen LogP contribution in [-0.4, -0.2) is 47.8 Å². The average Bonchev–Trinajstić information content (AvgIpc) is 3.39. The van der Waals surface area contributed by atoms with E-state index in [1.807, 2.05) is 0 Å². The maximum absolute atomic E-state index is 13.3. The van der Waals surface area contributed by atoms with E-state index in [1.54, 1.807) is 0 Å². The molecule has 0 spiro atoms. The molecule has 4 unspecified atom stereocenters. The molecule has 0 aliphatic heterocycles. The number of hydrogen-bond acceptors (Lipinski definition) is 4. The molecule has 0 bridgehead atoms. The van der Waals surface area contributed by atoms with Crippen molar-refractivity contribution in [1.82, 2.24) is 21.3 Å². The minimum absolute atomic E-state index is 0.0712. The summed E-state index contributed by atoms with van der Waals surface area (Å²) in [5.74, 6) is 4.10. The molecule has 0 aromatic carbocycles. The molecule has 3 saturated carbocycles.